The number of rotatable bonds is 7. The Morgan fingerprint density at radius 1 is 1.47 bits per heavy atom. The summed E-state index contributed by atoms with van der Waals surface area (Å²) in [6.07, 6.45) is 5.79. The molecule has 112 valence electrons. The molecular formula is C15H30N2O2. The van der Waals surface area contributed by atoms with E-state index < -0.39 is 11.5 Å². The molecule has 2 atom stereocenters. The average Bonchev–Trinajstić information content (AvgIpc) is 2.39. The number of carboxylic acid groups (broad SMARTS) is 1. The molecule has 0 saturated carbocycles. The predicted molar refractivity (Wildman–Crippen MR) is 78.4 cm³/mol. The van der Waals surface area contributed by atoms with Gasteiger partial charge in [-0.25, -0.2) is 0 Å². The minimum Gasteiger partial charge on any atom is -0.480 e. The largest absolute Gasteiger partial charge is 0.480 e. The van der Waals surface area contributed by atoms with Crippen LogP contribution in [0.3, 0.4) is 0 Å². The van der Waals surface area contributed by atoms with Crippen molar-refractivity contribution in [1.82, 2.24) is 10.2 Å². The summed E-state index contributed by atoms with van der Waals surface area (Å²) < 4.78 is 0. The van der Waals surface area contributed by atoms with E-state index >= 15 is 0 Å². The maximum Gasteiger partial charge on any atom is 0.323 e. The van der Waals surface area contributed by atoms with Crippen LogP contribution in [-0.2, 0) is 4.79 Å². The molecular weight excluding hydrogens is 240 g/mol. The second kappa shape index (κ2) is 7.25. The molecule has 0 aromatic heterocycles. The lowest BCUT2D eigenvalue weighted by molar-refractivity contribution is -0.144. The molecule has 1 aliphatic rings. The Kier molecular flexibility index (Phi) is 6.27. The molecule has 1 heterocycles. The van der Waals surface area contributed by atoms with Gasteiger partial charge in [-0.1, -0.05) is 19.8 Å². The lowest BCUT2D eigenvalue weighted by Gasteiger charge is -2.39. The third-order valence-corrected chi connectivity index (χ3v) is 4.70. The lowest BCUT2D eigenvalue weighted by atomic mass is 9.89. The smallest absolute Gasteiger partial charge is 0.323 e. The van der Waals surface area contributed by atoms with Crippen LogP contribution in [0, 0.1) is 5.92 Å². The molecule has 0 aromatic carbocycles. The molecule has 0 aromatic rings. The molecule has 2 N–H and O–H groups in total. The minimum atomic E-state index is -0.820. The molecule has 19 heavy (non-hydrogen) atoms. The highest BCUT2D eigenvalue weighted by Gasteiger charge is 2.35. The number of likely N-dealkylation sites (N-methyl/N-ethyl adjacent to an activating group) is 1. The second-order valence-electron chi connectivity index (χ2n) is 6.21. The number of carboxylic acids is 1. The van der Waals surface area contributed by atoms with Crippen LogP contribution in [0.4, 0.5) is 0 Å². The standard InChI is InChI=1S/C15H30N2O2/c1-5-6-13-7-9-17(10-8-13)12(2)11-15(3,16-4)14(18)19/h12-13,16H,5-11H2,1-4H3,(H,18,19). The van der Waals surface area contributed by atoms with Gasteiger partial charge >= 0.3 is 5.97 Å². The fourth-order valence-electron chi connectivity index (χ4n) is 3.11. The number of hydrogen-bond acceptors (Lipinski definition) is 3. The van der Waals surface area contributed by atoms with Crippen LogP contribution in [0.5, 0.6) is 0 Å². The van der Waals surface area contributed by atoms with E-state index in [9.17, 15) is 9.90 Å². The van der Waals surface area contributed by atoms with Gasteiger partial charge in [-0.05, 0) is 59.2 Å². The first-order valence-corrected chi connectivity index (χ1v) is 7.59. The topological polar surface area (TPSA) is 52.6 Å². The molecule has 1 fully saturated rings. The van der Waals surface area contributed by atoms with Crippen molar-refractivity contribution in [2.75, 3.05) is 20.1 Å². The number of piperidine rings is 1. The molecule has 1 saturated heterocycles. The van der Waals surface area contributed by atoms with Gasteiger partial charge in [-0.2, -0.15) is 0 Å². The highest BCUT2D eigenvalue weighted by molar-refractivity contribution is 5.78. The Bertz CT molecular complexity index is 288. The molecule has 0 bridgehead atoms. The van der Waals surface area contributed by atoms with Gasteiger partial charge in [-0.15, -0.1) is 0 Å². The Labute approximate surface area is 117 Å². The van der Waals surface area contributed by atoms with E-state index in [0.29, 0.717) is 12.5 Å². The number of likely N-dealkylation sites (tertiary alicyclic amines) is 1. The molecule has 0 spiro atoms. The van der Waals surface area contributed by atoms with Crippen molar-refractivity contribution in [3.05, 3.63) is 0 Å². The predicted octanol–water partition coefficient (Wildman–Crippen LogP) is 2.34. The van der Waals surface area contributed by atoms with Crippen molar-refractivity contribution in [1.29, 1.82) is 0 Å². The number of nitrogens with one attached hydrogen (secondary N) is 1. The molecule has 1 rings (SSSR count). The van der Waals surface area contributed by atoms with Crippen LogP contribution >= 0.6 is 0 Å². The fraction of sp³-hybridized carbons (Fsp3) is 0.933. The Hall–Kier alpha value is -0.610. The molecule has 0 aliphatic carbocycles. The third-order valence-electron chi connectivity index (χ3n) is 4.70. The zero-order valence-corrected chi connectivity index (χ0v) is 12.9. The van der Waals surface area contributed by atoms with Crippen molar-refractivity contribution in [2.24, 2.45) is 5.92 Å². The van der Waals surface area contributed by atoms with Gasteiger partial charge in [0.2, 0.25) is 0 Å². The first-order chi connectivity index (χ1) is 8.92. The molecule has 0 amide bonds. The number of carbonyl (C=O) groups is 1. The summed E-state index contributed by atoms with van der Waals surface area (Å²) in [4.78, 5) is 13.8. The second-order valence-corrected chi connectivity index (χ2v) is 6.21. The molecule has 1 aliphatic heterocycles. The maximum atomic E-state index is 11.3. The normalized spacial score (nSPS) is 22.9. The van der Waals surface area contributed by atoms with Crippen molar-refractivity contribution in [3.8, 4) is 0 Å². The average molecular weight is 270 g/mol. The van der Waals surface area contributed by atoms with E-state index in [-0.39, 0.29) is 0 Å². The summed E-state index contributed by atoms with van der Waals surface area (Å²) in [7, 11) is 1.73. The van der Waals surface area contributed by atoms with Gasteiger partial charge in [0.25, 0.3) is 0 Å². The summed E-state index contributed by atoms with van der Waals surface area (Å²) >= 11 is 0. The zero-order valence-electron chi connectivity index (χ0n) is 12.9. The van der Waals surface area contributed by atoms with Crippen LogP contribution in [0.2, 0.25) is 0 Å². The Balaban J connectivity index is 2.47. The van der Waals surface area contributed by atoms with E-state index in [1.54, 1.807) is 14.0 Å². The van der Waals surface area contributed by atoms with Crippen LogP contribution in [-0.4, -0.2) is 47.7 Å². The van der Waals surface area contributed by atoms with Crippen molar-refractivity contribution in [2.45, 2.75) is 64.5 Å². The van der Waals surface area contributed by atoms with Crippen LogP contribution in [0.25, 0.3) is 0 Å². The molecule has 4 heteroatoms. The van der Waals surface area contributed by atoms with Crippen molar-refractivity contribution in [3.63, 3.8) is 0 Å². The van der Waals surface area contributed by atoms with E-state index in [1.165, 1.54) is 25.7 Å². The first-order valence-electron chi connectivity index (χ1n) is 7.59. The van der Waals surface area contributed by atoms with Gasteiger partial charge in [0.05, 0.1) is 0 Å². The van der Waals surface area contributed by atoms with Crippen LogP contribution in [0.15, 0.2) is 0 Å². The van der Waals surface area contributed by atoms with Gasteiger partial charge in [0.1, 0.15) is 5.54 Å². The monoisotopic (exact) mass is 270 g/mol. The quantitative estimate of drug-likeness (QED) is 0.745. The molecule has 0 radical (unpaired) electrons. The summed E-state index contributed by atoms with van der Waals surface area (Å²) in [5, 5.41) is 12.3. The van der Waals surface area contributed by atoms with Gasteiger partial charge < -0.3 is 15.3 Å². The van der Waals surface area contributed by atoms with E-state index in [1.807, 2.05) is 0 Å². The lowest BCUT2D eigenvalue weighted by Crippen LogP contribution is -2.53. The van der Waals surface area contributed by atoms with E-state index in [4.69, 9.17) is 0 Å². The maximum absolute atomic E-state index is 11.3. The minimum absolute atomic E-state index is 0.316. The highest BCUT2D eigenvalue weighted by Crippen LogP contribution is 2.25. The number of aliphatic carboxylic acids is 1. The highest BCUT2D eigenvalue weighted by atomic mass is 16.4. The van der Waals surface area contributed by atoms with Crippen LogP contribution < -0.4 is 5.32 Å². The van der Waals surface area contributed by atoms with Crippen molar-refractivity contribution >= 4 is 5.97 Å². The molecule has 4 nitrogen and oxygen atoms in total. The summed E-state index contributed by atoms with van der Waals surface area (Å²) in [6.45, 7) is 8.41. The fourth-order valence-corrected chi connectivity index (χ4v) is 3.11. The first kappa shape index (κ1) is 16.4. The van der Waals surface area contributed by atoms with E-state index in [2.05, 4.69) is 24.1 Å². The Morgan fingerprint density at radius 3 is 2.47 bits per heavy atom. The van der Waals surface area contributed by atoms with Gasteiger partial charge in [0, 0.05) is 6.04 Å². The third kappa shape index (κ3) is 4.46. The Morgan fingerprint density at radius 2 is 2.05 bits per heavy atom. The summed E-state index contributed by atoms with van der Waals surface area (Å²) in [6, 6.07) is 0.316. The SMILES string of the molecule is CCCC1CCN(C(C)CC(C)(NC)C(=O)O)CC1. The van der Waals surface area contributed by atoms with E-state index in [0.717, 1.165) is 19.0 Å². The summed E-state index contributed by atoms with van der Waals surface area (Å²) in [5.74, 6) is 0.117. The number of nitrogens with zero attached hydrogens (tertiary/aromatic N) is 1. The number of hydrogen-bond donors (Lipinski definition) is 2. The van der Waals surface area contributed by atoms with Gasteiger partial charge in [0.15, 0.2) is 0 Å². The summed E-state index contributed by atoms with van der Waals surface area (Å²) in [5.41, 5.74) is -0.820. The van der Waals surface area contributed by atoms with Gasteiger partial charge in [-0.3, -0.25) is 4.79 Å². The van der Waals surface area contributed by atoms with Crippen molar-refractivity contribution < 1.29 is 9.90 Å². The zero-order chi connectivity index (χ0) is 14.5. The molecule has 2 unspecified atom stereocenters. The van der Waals surface area contributed by atoms with Crippen LogP contribution in [0.1, 0.15) is 52.9 Å².